The predicted octanol–water partition coefficient (Wildman–Crippen LogP) is 3.44. The van der Waals surface area contributed by atoms with Gasteiger partial charge in [-0.3, -0.25) is 0 Å². The van der Waals surface area contributed by atoms with E-state index >= 15 is 0 Å². The van der Waals surface area contributed by atoms with Gasteiger partial charge in [0.2, 0.25) is 5.89 Å². The number of aliphatic hydroxyl groups is 1. The van der Waals surface area contributed by atoms with Gasteiger partial charge in [0.05, 0.1) is 19.2 Å². The summed E-state index contributed by atoms with van der Waals surface area (Å²) in [5, 5.41) is 13.8. The Morgan fingerprint density at radius 3 is 2.36 bits per heavy atom. The molecule has 0 bridgehead atoms. The third-order valence-corrected chi connectivity index (χ3v) is 4.23. The molecule has 0 aliphatic carbocycles. The molecule has 1 heterocycles. The second-order valence-electron chi connectivity index (χ2n) is 5.97. The Bertz CT molecular complexity index is 755. The summed E-state index contributed by atoms with van der Waals surface area (Å²) in [5.41, 5.74) is 2.18. The highest BCUT2D eigenvalue weighted by Crippen LogP contribution is 2.21. The van der Waals surface area contributed by atoms with Crippen molar-refractivity contribution in [1.82, 2.24) is 10.1 Å². The maximum absolute atomic E-state index is 9.73. The Hall–Kier alpha value is -2.66. The predicted molar refractivity (Wildman–Crippen MR) is 97.3 cm³/mol. The average molecular weight is 337 g/mol. The summed E-state index contributed by atoms with van der Waals surface area (Å²) >= 11 is 0. The number of anilines is 1. The lowest BCUT2D eigenvalue weighted by Crippen LogP contribution is -2.37. The number of aromatic nitrogens is 2. The second kappa shape index (κ2) is 8.44. The van der Waals surface area contributed by atoms with Crippen molar-refractivity contribution in [2.45, 2.75) is 32.4 Å². The Labute approximate surface area is 147 Å². The maximum atomic E-state index is 9.73. The van der Waals surface area contributed by atoms with Crippen LogP contribution in [0.2, 0.25) is 0 Å². The van der Waals surface area contributed by atoms with Gasteiger partial charge in [-0.25, -0.2) is 0 Å². The number of para-hydroxylation sites is 1. The number of hydrogen-bond donors (Lipinski definition) is 1. The normalized spacial score (nSPS) is 12.1. The number of benzene rings is 2. The summed E-state index contributed by atoms with van der Waals surface area (Å²) < 4.78 is 5.44. The van der Waals surface area contributed by atoms with Gasteiger partial charge in [-0.1, -0.05) is 60.6 Å². The molecule has 130 valence electrons. The number of hydrogen-bond acceptors (Lipinski definition) is 5. The van der Waals surface area contributed by atoms with Crippen LogP contribution < -0.4 is 4.90 Å². The fourth-order valence-corrected chi connectivity index (χ4v) is 2.85. The van der Waals surface area contributed by atoms with E-state index in [1.807, 2.05) is 60.7 Å². The molecule has 2 aromatic carbocycles. The molecule has 5 nitrogen and oxygen atoms in total. The molecule has 0 radical (unpaired) electrons. The van der Waals surface area contributed by atoms with E-state index in [0.29, 0.717) is 24.7 Å². The molecule has 0 spiro atoms. The smallest absolute Gasteiger partial charge is 0.246 e. The van der Waals surface area contributed by atoms with Crippen molar-refractivity contribution in [1.29, 1.82) is 0 Å². The molecule has 1 aromatic heterocycles. The average Bonchev–Trinajstić information content (AvgIpc) is 3.10. The maximum Gasteiger partial charge on any atom is 0.246 e. The monoisotopic (exact) mass is 337 g/mol. The van der Waals surface area contributed by atoms with Crippen LogP contribution in [0, 0.1) is 0 Å². The lowest BCUT2D eigenvalue weighted by molar-refractivity contribution is 0.251. The SMILES string of the molecule is CCC(CO)N(Cc1nc(Cc2ccccc2)no1)c1ccccc1. The van der Waals surface area contributed by atoms with Crippen LogP contribution in [0.5, 0.6) is 0 Å². The van der Waals surface area contributed by atoms with Gasteiger partial charge in [-0.2, -0.15) is 4.98 Å². The molecule has 0 fully saturated rings. The van der Waals surface area contributed by atoms with Crippen LogP contribution in [0.25, 0.3) is 0 Å². The van der Waals surface area contributed by atoms with Gasteiger partial charge in [-0.15, -0.1) is 0 Å². The molecular weight excluding hydrogens is 314 g/mol. The van der Waals surface area contributed by atoms with Crippen LogP contribution in [0.3, 0.4) is 0 Å². The topological polar surface area (TPSA) is 62.4 Å². The van der Waals surface area contributed by atoms with Crippen LogP contribution in [0.15, 0.2) is 65.2 Å². The van der Waals surface area contributed by atoms with Crippen molar-refractivity contribution in [2.75, 3.05) is 11.5 Å². The zero-order valence-corrected chi connectivity index (χ0v) is 14.4. The van der Waals surface area contributed by atoms with E-state index < -0.39 is 0 Å². The Morgan fingerprint density at radius 2 is 1.72 bits per heavy atom. The third-order valence-electron chi connectivity index (χ3n) is 4.23. The molecule has 0 amide bonds. The number of aliphatic hydroxyl groups excluding tert-OH is 1. The quantitative estimate of drug-likeness (QED) is 0.682. The van der Waals surface area contributed by atoms with E-state index in [0.717, 1.165) is 17.7 Å². The highest BCUT2D eigenvalue weighted by molar-refractivity contribution is 5.47. The molecule has 25 heavy (non-hydrogen) atoms. The standard InChI is InChI=1S/C20H23N3O2/c1-2-17(15-24)23(18-11-7-4-8-12-18)14-20-21-19(22-25-20)13-16-9-5-3-6-10-16/h3-12,17,24H,2,13-15H2,1H3. The molecule has 0 aliphatic rings. The first kappa shape index (κ1) is 17.2. The molecule has 1 unspecified atom stereocenters. The van der Waals surface area contributed by atoms with Gasteiger partial charge in [0.1, 0.15) is 0 Å². The first-order valence-electron chi connectivity index (χ1n) is 8.58. The van der Waals surface area contributed by atoms with Crippen molar-refractivity contribution in [3.8, 4) is 0 Å². The van der Waals surface area contributed by atoms with E-state index in [2.05, 4.69) is 22.0 Å². The first-order chi connectivity index (χ1) is 12.3. The summed E-state index contributed by atoms with van der Waals surface area (Å²) in [6, 6.07) is 20.1. The fourth-order valence-electron chi connectivity index (χ4n) is 2.85. The van der Waals surface area contributed by atoms with Gasteiger partial charge < -0.3 is 14.5 Å². The van der Waals surface area contributed by atoms with E-state index in [4.69, 9.17) is 4.52 Å². The van der Waals surface area contributed by atoms with E-state index in [1.165, 1.54) is 0 Å². The minimum Gasteiger partial charge on any atom is -0.394 e. The van der Waals surface area contributed by atoms with Crippen LogP contribution in [-0.2, 0) is 13.0 Å². The van der Waals surface area contributed by atoms with E-state index in [1.54, 1.807) is 0 Å². The summed E-state index contributed by atoms with van der Waals surface area (Å²) in [5.74, 6) is 1.23. The molecule has 5 heteroatoms. The minimum atomic E-state index is 0.00636. The number of nitrogens with zero attached hydrogens (tertiary/aromatic N) is 3. The van der Waals surface area contributed by atoms with Gasteiger partial charge in [-0.05, 0) is 24.1 Å². The lowest BCUT2D eigenvalue weighted by Gasteiger charge is -2.30. The van der Waals surface area contributed by atoms with Crippen molar-refractivity contribution in [2.24, 2.45) is 0 Å². The summed E-state index contributed by atoms with van der Waals surface area (Å²) in [6.07, 6.45) is 1.48. The Balaban J connectivity index is 1.76. The molecule has 0 aliphatic heterocycles. The number of rotatable bonds is 8. The van der Waals surface area contributed by atoms with Crippen molar-refractivity contribution >= 4 is 5.69 Å². The largest absolute Gasteiger partial charge is 0.394 e. The zero-order chi connectivity index (χ0) is 17.5. The summed E-state index contributed by atoms with van der Waals surface area (Å²) in [6.45, 7) is 2.62. The van der Waals surface area contributed by atoms with Crippen molar-refractivity contribution < 1.29 is 9.63 Å². The van der Waals surface area contributed by atoms with Crippen LogP contribution in [0.4, 0.5) is 5.69 Å². The molecular formula is C20H23N3O2. The van der Waals surface area contributed by atoms with Gasteiger partial charge in [0, 0.05) is 12.1 Å². The molecule has 0 saturated heterocycles. The highest BCUT2D eigenvalue weighted by Gasteiger charge is 2.20. The second-order valence-corrected chi connectivity index (χ2v) is 5.97. The van der Waals surface area contributed by atoms with Crippen LogP contribution in [-0.4, -0.2) is 27.9 Å². The zero-order valence-electron chi connectivity index (χ0n) is 14.4. The summed E-state index contributed by atoms with van der Waals surface area (Å²) in [7, 11) is 0. The Morgan fingerprint density at radius 1 is 1.04 bits per heavy atom. The van der Waals surface area contributed by atoms with E-state index in [-0.39, 0.29) is 12.6 Å². The lowest BCUT2D eigenvalue weighted by atomic mass is 10.1. The van der Waals surface area contributed by atoms with E-state index in [9.17, 15) is 5.11 Å². The molecule has 1 atom stereocenters. The van der Waals surface area contributed by atoms with Crippen molar-refractivity contribution in [3.63, 3.8) is 0 Å². The van der Waals surface area contributed by atoms with Crippen LogP contribution in [0.1, 0.15) is 30.6 Å². The minimum absolute atomic E-state index is 0.00636. The van der Waals surface area contributed by atoms with Gasteiger partial charge in [0.25, 0.3) is 0 Å². The summed E-state index contributed by atoms with van der Waals surface area (Å²) in [4.78, 5) is 6.63. The molecule has 1 N–H and O–H groups in total. The Kier molecular flexibility index (Phi) is 5.80. The van der Waals surface area contributed by atoms with Crippen molar-refractivity contribution in [3.05, 3.63) is 77.9 Å². The molecule has 3 aromatic rings. The fraction of sp³-hybridized carbons (Fsp3) is 0.300. The van der Waals surface area contributed by atoms with Gasteiger partial charge >= 0.3 is 0 Å². The highest BCUT2D eigenvalue weighted by atomic mass is 16.5. The van der Waals surface area contributed by atoms with Crippen LogP contribution >= 0.6 is 0 Å². The van der Waals surface area contributed by atoms with Gasteiger partial charge in [0.15, 0.2) is 5.82 Å². The molecule has 3 rings (SSSR count). The molecule has 0 saturated carbocycles. The third kappa shape index (κ3) is 4.45. The first-order valence-corrected chi connectivity index (χ1v) is 8.58.